The fourth-order valence-corrected chi connectivity index (χ4v) is 3.54. The summed E-state index contributed by atoms with van der Waals surface area (Å²) in [6.07, 6.45) is 11.0. The zero-order valence-electron chi connectivity index (χ0n) is 14.2. The van der Waals surface area contributed by atoms with Crippen LogP contribution in [0.4, 0.5) is 0 Å². The standard InChI is InChI=1S/C17H29N3OS.HI/c1-3-4-10-18-17(19-11-9-15-6-5-12-21-15)20-14-7-8-16(13-14)22-2;/h5-6,12,14,16H,3-4,7-11,13H2,1-2H3,(H2,18,19,20);1H. The Morgan fingerprint density at radius 3 is 2.96 bits per heavy atom. The first-order chi connectivity index (χ1) is 10.8. The van der Waals surface area contributed by atoms with Gasteiger partial charge >= 0.3 is 0 Å². The van der Waals surface area contributed by atoms with Crippen LogP contribution in [0.2, 0.25) is 0 Å². The molecule has 0 aromatic carbocycles. The minimum Gasteiger partial charge on any atom is -0.469 e. The fourth-order valence-electron chi connectivity index (χ4n) is 2.74. The summed E-state index contributed by atoms with van der Waals surface area (Å²) in [6, 6.07) is 4.52. The number of unbranched alkanes of at least 4 members (excludes halogenated alkanes) is 1. The lowest BCUT2D eigenvalue weighted by molar-refractivity contribution is 0.506. The van der Waals surface area contributed by atoms with Crippen molar-refractivity contribution in [2.45, 2.75) is 56.7 Å². The Hall–Kier alpha value is -0.370. The summed E-state index contributed by atoms with van der Waals surface area (Å²) in [4.78, 5) is 4.70. The van der Waals surface area contributed by atoms with E-state index in [1.165, 1.54) is 25.7 Å². The molecule has 2 unspecified atom stereocenters. The Kier molecular flexibility index (Phi) is 10.8. The average Bonchev–Trinajstić information content (AvgIpc) is 3.18. The number of aliphatic imine (C=N–C) groups is 1. The molecule has 6 heteroatoms. The molecule has 0 amide bonds. The number of guanidine groups is 1. The molecule has 1 aromatic heterocycles. The minimum atomic E-state index is 0. The van der Waals surface area contributed by atoms with Crippen LogP contribution in [0, 0.1) is 0 Å². The van der Waals surface area contributed by atoms with Gasteiger partial charge in [-0.1, -0.05) is 13.3 Å². The number of furan rings is 1. The molecule has 2 atom stereocenters. The molecular formula is C17H30IN3OS. The quantitative estimate of drug-likeness (QED) is 0.271. The van der Waals surface area contributed by atoms with Crippen molar-refractivity contribution in [1.82, 2.24) is 10.6 Å². The van der Waals surface area contributed by atoms with Crippen molar-refractivity contribution in [1.29, 1.82) is 0 Å². The molecule has 0 bridgehead atoms. The lowest BCUT2D eigenvalue weighted by Gasteiger charge is -2.17. The normalized spacial score (nSPS) is 21.0. The van der Waals surface area contributed by atoms with Gasteiger partial charge in [-0.05, 0) is 44.1 Å². The van der Waals surface area contributed by atoms with E-state index in [1.807, 2.05) is 23.9 Å². The highest BCUT2D eigenvalue weighted by atomic mass is 127. The number of hydrogen-bond acceptors (Lipinski definition) is 3. The molecule has 0 saturated heterocycles. The van der Waals surface area contributed by atoms with Crippen LogP contribution in [0.25, 0.3) is 0 Å². The monoisotopic (exact) mass is 451 g/mol. The van der Waals surface area contributed by atoms with Crippen molar-refractivity contribution in [3.63, 3.8) is 0 Å². The van der Waals surface area contributed by atoms with E-state index in [1.54, 1.807) is 6.26 Å². The highest BCUT2D eigenvalue weighted by Gasteiger charge is 2.24. The molecule has 4 nitrogen and oxygen atoms in total. The van der Waals surface area contributed by atoms with E-state index in [9.17, 15) is 0 Å². The number of rotatable bonds is 8. The summed E-state index contributed by atoms with van der Waals surface area (Å²) in [6.45, 7) is 3.95. The maximum atomic E-state index is 5.37. The van der Waals surface area contributed by atoms with Gasteiger partial charge in [0.15, 0.2) is 5.96 Å². The van der Waals surface area contributed by atoms with Gasteiger partial charge in [-0.3, -0.25) is 4.99 Å². The lowest BCUT2D eigenvalue weighted by atomic mass is 10.2. The van der Waals surface area contributed by atoms with E-state index in [-0.39, 0.29) is 24.0 Å². The van der Waals surface area contributed by atoms with Gasteiger partial charge in [0.25, 0.3) is 0 Å². The molecule has 1 heterocycles. The van der Waals surface area contributed by atoms with Crippen molar-refractivity contribution in [2.75, 3.05) is 19.3 Å². The lowest BCUT2D eigenvalue weighted by Crippen LogP contribution is -2.43. The molecule has 23 heavy (non-hydrogen) atoms. The second-order valence-electron chi connectivity index (χ2n) is 5.85. The molecule has 1 aliphatic rings. The molecule has 1 aromatic rings. The van der Waals surface area contributed by atoms with E-state index in [2.05, 4.69) is 23.8 Å². The van der Waals surface area contributed by atoms with Crippen LogP contribution in [0.15, 0.2) is 27.8 Å². The maximum Gasteiger partial charge on any atom is 0.191 e. The van der Waals surface area contributed by atoms with Crippen LogP contribution in [-0.2, 0) is 6.42 Å². The Morgan fingerprint density at radius 1 is 1.43 bits per heavy atom. The highest BCUT2D eigenvalue weighted by Crippen LogP contribution is 2.27. The third kappa shape index (κ3) is 7.83. The van der Waals surface area contributed by atoms with Gasteiger partial charge in [0.05, 0.1) is 6.26 Å². The molecule has 0 spiro atoms. The van der Waals surface area contributed by atoms with Gasteiger partial charge in [-0.25, -0.2) is 0 Å². The minimum absolute atomic E-state index is 0. The SMILES string of the molecule is CCCCN=C(NCCc1ccco1)NC1CCC(SC)C1.I. The van der Waals surface area contributed by atoms with Crippen molar-refractivity contribution in [2.24, 2.45) is 4.99 Å². The first kappa shape index (κ1) is 20.7. The number of nitrogens with zero attached hydrogens (tertiary/aromatic N) is 1. The largest absolute Gasteiger partial charge is 0.469 e. The van der Waals surface area contributed by atoms with Crippen molar-refractivity contribution < 1.29 is 4.42 Å². The molecular weight excluding hydrogens is 421 g/mol. The molecule has 0 radical (unpaired) electrons. The Labute approximate surface area is 161 Å². The molecule has 1 aliphatic carbocycles. The molecule has 1 saturated carbocycles. The number of nitrogens with one attached hydrogen (secondary N) is 2. The zero-order valence-corrected chi connectivity index (χ0v) is 17.4. The molecule has 2 N–H and O–H groups in total. The average molecular weight is 451 g/mol. The Morgan fingerprint density at radius 2 is 2.30 bits per heavy atom. The number of thioether (sulfide) groups is 1. The van der Waals surface area contributed by atoms with E-state index >= 15 is 0 Å². The van der Waals surface area contributed by atoms with Gasteiger partial charge in [0.2, 0.25) is 0 Å². The first-order valence-electron chi connectivity index (χ1n) is 8.41. The second-order valence-corrected chi connectivity index (χ2v) is 6.99. The van der Waals surface area contributed by atoms with Crippen molar-refractivity contribution >= 4 is 41.7 Å². The van der Waals surface area contributed by atoms with Crippen LogP contribution in [0.1, 0.15) is 44.8 Å². The smallest absolute Gasteiger partial charge is 0.191 e. The summed E-state index contributed by atoms with van der Waals surface area (Å²) < 4.78 is 5.37. The molecule has 132 valence electrons. The van der Waals surface area contributed by atoms with E-state index in [0.717, 1.165) is 42.9 Å². The zero-order chi connectivity index (χ0) is 15.6. The summed E-state index contributed by atoms with van der Waals surface area (Å²) in [5.41, 5.74) is 0. The summed E-state index contributed by atoms with van der Waals surface area (Å²) in [5, 5.41) is 7.87. The summed E-state index contributed by atoms with van der Waals surface area (Å²) in [5.74, 6) is 1.98. The van der Waals surface area contributed by atoms with Crippen molar-refractivity contribution in [3.05, 3.63) is 24.2 Å². The Bertz CT molecular complexity index is 439. The van der Waals surface area contributed by atoms with Gasteiger partial charge in [0, 0.05) is 30.8 Å². The molecule has 0 aliphatic heterocycles. The van der Waals surface area contributed by atoms with Crippen LogP contribution in [0.3, 0.4) is 0 Å². The number of hydrogen-bond donors (Lipinski definition) is 2. The predicted octanol–water partition coefficient (Wildman–Crippen LogP) is 4.06. The van der Waals surface area contributed by atoms with Gasteiger partial charge in [0.1, 0.15) is 5.76 Å². The third-order valence-electron chi connectivity index (χ3n) is 4.08. The van der Waals surface area contributed by atoms with Gasteiger partial charge in [-0.2, -0.15) is 11.8 Å². The Balaban J connectivity index is 0.00000264. The second kappa shape index (κ2) is 12.1. The predicted molar refractivity (Wildman–Crippen MR) is 111 cm³/mol. The van der Waals surface area contributed by atoms with E-state index < -0.39 is 0 Å². The number of halogens is 1. The van der Waals surface area contributed by atoms with Crippen molar-refractivity contribution in [3.8, 4) is 0 Å². The topological polar surface area (TPSA) is 49.6 Å². The van der Waals surface area contributed by atoms with Gasteiger partial charge < -0.3 is 15.1 Å². The molecule has 1 fully saturated rings. The molecule has 2 rings (SSSR count). The van der Waals surface area contributed by atoms with Crippen LogP contribution >= 0.6 is 35.7 Å². The highest BCUT2D eigenvalue weighted by molar-refractivity contribution is 14.0. The van der Waals surface area contributed by atoms with Crippen LogP contribution < -0.4 is 10.6 Å². The summed E-state index contributed by atoms with van der Waals surface area (Å²) >= 11 is 1.99. The first-order valence-corrected chi connectivity index (χ1v) is 9.70. The maximum absolute atomic E-state index is 5.37. The third-order valence-corrected chi connectivity index (χ3v) is 5.18. The summed E-state index contributed by atoms with van der Waals surface area (Å²) in [7, 11) is 0. The van der Waals surface area contributed by atoms with Crippen LogP contribution in [0.5, 0.6) is 0 Å². The van der Waals surface area contributed by atoms with E-state index in [4.69, 9.17) is 9.41 Å². The van der Waals surface area contributed by atoms with E-state index in [0.29, 0.717) is 6.04 Å². The van der Waals surface area contributed by atoms with Gasteiger partial charge in [-0.15, -0.1) is 24.0 Å². The van der Waals surface area contributed by atoms with Crippen LogP contribution in [-0.4, -0.2) is 36.6 Å². The fraction of sp³-hybridized carbons (Fsp3) is 0.706.